The Labute approximate surface area is 224 Å². The van der Waals surface area contributed by atoms with E-state index in [4.69, 9.17) is 0 Å². The summed E-state index contributed by atoms with van der Waals surface area (Å²) in [6.07, 6.45) is 0. The van der Waals surface area contributed by atoms with Crippen molar-refractivity contribution in [1.82, 2.24) is 0 Å². The summed E-state index contributed by atoms with van der Waals surface area (Å²) in [5.41, 5.74) is 12.0. The van der Waals surface area contributed by atoms with Gasteiger partial charge in [-0.25, -0.2) is 0 Å². The van der Waals surface area contributed by atoms with Crippen LogP contribution in [0.1, 0.15) is 22.3 Å². The molecular formula is C37H27N. The Hall–Kier alpha value is -4.88. The van der Waals surface area contributed by atoms with Gasteiger partial charge in [-0.1, -0.05) is 140 Å². The maximum atomic E-state index is 3.76. The van der Waals surface area contributed by atoms with Gasteiger partial charge in [-0.15, -0.1) is 0 Å². The van der Waals surface area contributed by atoms with Crippen LogP contribution in [0.5, 0.6) is 0 Å². The first-order valence-corrected chi connectivity index (χ1v) is 13.1. The van der Waals surface area contributed by atoms with Crippen LogP contribution in [0.3, 0.4) is 0 Å². The third-order valence-corrected chi connectivity index (χ3v) is 7.75. The molecule has 0 atom stereocenters. The van der Waals surface area contributed by atoms with E-state index in [0.29, 0.717) is 0 Å². The molecule has 6 aromatic rings. The molecule has 0 unspecified atom stereocenters. The molecule has 1 aliphatic carbocycles. The largest absolute Gasteiger partial charge is 0.355 e. The second-order valence-electron chi connectivity index (χ2n) is 9.82. The van der Waals surface area contributed by atoms with Gasteiger partial charge in [0, 0.05) is 16.9 Å². The first-order valence-electron chi connectivity index (χ1n) is 13.1. The molecule has 7 rings (SSSR count). The Kier molecular flexibility index (Phi) is 5.41. The van der Waals surface area contributed by atoms with Crippen molar-refractivity contribution in [3.63, 3.8) is 0 Å². The normalized spacial score (nSPS) is 12.9. The van der Waals surface area contributed by atoms with E-state index in [1.165, 1.54) is 44.5 Å². The minimum atomic E-state index is -0.386. The molecule has 0 aliphatic heterocycles. The molecule has 38 heavy (non-hydrogen) atoms. The highest BCUT2D eigenvalue weighted by atomic mass is 14.9. The van der Waals surface area contributed by atoms with E-state index in [9.17, 15) is 0 Å². The monoisotopic (exact) mass is 485 g/mol. The van der Waals surface area contributed by atoms with E-state index in [0.717, 1.165) is 11.4 Å². The van der Waals surface area contributed by atoms with Crippen molar-refractivity contribution in [1.29, 1.82) is 0 Å². The van der Waals surface area contributed by atoms with Gasteiger partial charge in [0.1, 0.15) is 0 Å². The molecule has 0 heterocycles. The van der Waals surface area contributed by atoms with Crippen LogP contribution < -0.4 is 5.32 Å². The maximum Gasteiger partial charge on any atom is 0.0714 e. The number of fused-ring (bicyclic) bond motifs is 3. The van der Waals surface area contributed by atoms with Gasteiger partial charge in [0.15, 0.2) is 0 Å². The van der Waals surface area contributed by atoms with Crippen LogP contribution in [0.2, 0.25) is 0 Å². The summed E-state index contributed by atoms with van der Waals surface area (Å²) in [5.74, 6) is 0. The van der Waals surface area contributed by atoms with Crippen LogP contribution in [-0.2, 0) is 5.41 Å². The van der Waals surface area contributed by atoms with Crippen LogP contribution in [-0.4, -0.2) is 0 Å². The highest BCUT2D eigenvalue weighted by Crippen LogP contribution is 2.58. The van der Waals surface area contributed by atoms with Crippen molar-refractivity contribution in [2.45, 2.75) is 5.41 Å². The Morgan fingerprint density at radius 2 is 0.921 bits per heavy atom. The summed E-state index contributed by atoms with van der Waals surface area (Å²) in [6, 6.07) is 56.7. The smallest absolute Gasteiger partial charge is 0.0714 e. The summed E-state index contributed by atoms with van der Waals surface area (Å²) < 4.78 is 0. The molecule has 0 saturated heterocycles. The highest BCUT2D eigenvalue weighted by molar-refractivity contribution is 5.94. The Morgan fingerprint density at radius 1 is 0.395 bits per heavy atom. The predicted octanol–water partition coefficient (Wildman–Crippen LogP) is 9.46. The molecule has 0 spiro atoms. The topological polar surface area (TPSA) is 12.0 Å². The summed E-state index contributed by atoms with van der Waals surface area (Å²) in [5, 5.41) is 3.76. The van der Waals surface area contributed by atoms with Crippen molar-refractivity contribution in [2.75, 3.05) is 5.32 Å². The van der Waals surface area contributed by atoms with Crippen LogP contribution in [0.4, 0.5) is 11.4 Å². The van der Waals surface area contributed by atoms with E-state index in [1.54, 1.807) is 0 Å². The third kappa shape index (κ3) is 3.48. The fourth-order valence-electron chi connectivity index (χ4n) is 6.13. The van der Waals surface area contributed by atoms with E-state index >= 15 is 0 Å². The number of hydrogen-bond acceptors (Lipinski definition) is 1. The minimum absolute atomic E-state index is 0.386. The molecule has 180 valence electrons. The number of rotatable bonds is 5. The summed E-state index contributed by atoms with van der Waals surface area (Å²) >= 11 is 0. The van der Waals surface area contributed by atoms with Gasteiger partial charge in [0.25, 0.3) is 0 Å². The standard InChI is InChI=1S/C37H27N/c1-4-13-27(14-5-1)28-23-25-31(26-24-28)38-35-22-12-21-34-36(35)32-19-10-11-20-33(32)37(34,29-15-6-2-7-16-29)30-17-8-3-9-18-30/h1-26,38H. The lowest BCUT2D eigenvalue weighted by Gasteiger charge is -2.33. The zero-order valence-electron chi connectivity index (χ0n) is 21.0. The van der Waals surface area contributed by atoms with Crippen LogP contribution >= 0.6 is 0 Å². The Bertz CT molecular complexity index is 1660. The average Bonchev–Trinajstić information content (AvgIpc) is 3.31. The van der Waals surface area contributed by atoms with Gasteiger partial charge in [-0.2, -0.15) is 0 Å². The molecule has 0 amide bonds. The first-order chi connectivity index (χ1) is 18.9. The molecule has 0 aromatic heterocycles. The zero-order chi connectivity index (χ0) is 25.4. The molecule has 0 bridgehead atoms. The molecule has 0 saturated carbocycles. The molecule has 1 heteroatoms. The van der Waals surface area contributed by atoms with Gasteiger partial charge >= 0.3 is 0 Å². The van der Waals surface area contributed by atoms with E-state index in [-0.39, 0.29) is 5.41 Å². The molecule has 6 aromatic carbocycles. The van der Waals surface area contributed by atoms with Crippen molar-refractivity contribution in [3.8, 4) is 22.3 Å². The quantitative estimate of drug-likeness (QED) is 0.256. The predicted molar refractivity (Wildman–Crippen MR) is 159 cm³/mol. The van der Waals surface area contributed by atoms with Gasteiger partial charge in [0.2, 0.25) is 0 Å². The lowest BCUT2D eigenvalue weighted by molar-refractivity contribution is 0.768. The molecule has 1 aliphatic rings. The number of benzene rings is 6. The zero-order valence-corrected chi connectivity index (χ0v) is 21.0. The second-order valence-corrected chi connectivity index (χ2v) is 9.82. The van der Waals surface area contributed by atoms with E-state index in [1.807, 2.05) is 0 Å². The lowest BCUT2D eigenvalue weighted by Crippen LogP contribution is -2.28. The van der Waals surface area contributed by atoms with Gasteiger partial charge in [-0.05, 0) is 57.1 Å². The number of anilines is 2. The second kappa shape index (κ2) is 9.21. The van der Waals surface area contributed by atoms with E-state index in [2.05, 4.69) is 163 Å². The fraction of sp³-hybridized carbons (Fsp3) is 0.0270. The molecule has 0 radical (unpaired) electrons. The van der Waals surface area contributed by atoms with Crippen LogP contribution in [0, 0.1) is 0 Å². The maximum absolute atomic E-state index is 3.76. The number of hydrogen-bond donors (Lipinski definition) is 1. The van der Waals surface area contributed by atoms with Crippen molar-refractivity contribution in [2.24, 2.45) is 0 Å². The van der Waals surface area contributed by atoms with E-state index < -0.39 is 0 Å². The van der Waals surface area contributed by atoms with Gasteiger partial charge in [-0.3, -0.25) is 0 Å². The summed E-state index contributed by atoms with van der Waals surface area (Å²) in [7, 11) is 0. The molecule has 1 nitrogen and oxygen atoms in total. The SMILES string of the molecule is c1ccc(-c2ccc(Nc3cccc4c3-c3ccccc3C4(c3ccccc3)c3ccccc3)cc2)cc1. The third-order valence-electron chi connectivity index (χ3n) is 7.75. The van der Waals surface area contributed by atoms with Crippen molar-refractivity contribution >= 4 is 11.4 Å². The van der Waals surface area contributed by atoms with Crippen LogP contribution in [0.15, 0.2) is 158 Å². The van der Waals surface area contributed by atoms with Crippen molar-refractivity contribution in [3.05, 3.63) is 180 Å². The Balaban J connectivity index is 1.41. The Morgan fingerprint density at radius 3 is 1.58 bits per heavy atom. The van der Waals surface area contributed by atoms with Crippen molar-refractivity contribution < 1.29 is 0 Å². The first kappa shape index (κ1) is 22.3. The van der Waals surface area contributed by atoms with Gasteiger partial charge in [0.05, 0.1) is 5.41 Å². The summed E-state index contributed by atoms with van der Waals surface area (Å²) in [6.45, 7) is 0. The fourth-order valence-corrected chi connectivity index (χ4v) is 6.13. The van der Waals surface area contributed by atoms with Crippen LogP contribution in [0.25, 0.3) is 22.3 Å². The molecular weight excluding hydrogens is 458 g/mol. The molecule has 1 N–H and O–H groups in total. The molecule has 0 fully saturated rings. The minimum Gasteiger partial charge on any atom is -0.355 e. The van der Waals surface area contributed by atoms with Gasteiger partial charge < -0.3 is 5.32 Å². The average molecular weight is 486 g/mol. The summed E-state index contributed by atoms with van der Waals surface area (Å²) in [4.78, 5) is 0. The lowest BCUT2D eigenvalue weighted by atomic mass is 9.68. The number of nitrogens with one attached hydrogen (secondary N) is 1. The highest BCUT2D eigenvalue weighted by Gasteiger charge is 2.46.